The number of hydrogen-bond donors (Lipinski definition) is 3. The first-order valence-electron chi connectivity index (χ1n) is 8.26. The highest BCUT2D eigenvalue weighted by Crippen LogP contribution is 2.22. The van der Waals surface area contributed by atoms with Gasteiger partial charge in [0.2, 0.25) is 0 Å². The van der Waals surface area contributed by atoms with Crippen LogP contribution >= 0.6 is 0 Å². The van der Waals surface area contributed by atoms with Gasteiger partial charge in [-0.15, -0.1) is 0 Å². The Morgan fingerprint density at radius 1 is 1.29 bits per heavy atom. The Morgan fingerprint density at radius 2 is 2.00 bits per heavy atom. The fourth-order valence-electron chi connectivity index (χ4n) is 3.28. The van der Waals surface area contributed by atoms with Gasteiger partial charge in [0.1, 0.15) is 0 Å². The molecule has 0 aliphatic heterocycles. The summed E-state index contributed by atoms with van der Waals surface area (Å²) >= 11 is 0. The molecule has 1 amide bonds. The second-order valence-electron chi connectivity index (χ2n) is 6.34. The van der Waals surface area contributed by atoms with Crippen LogP contribution in [0.2, 0.25) is 0 Å². The van der Waals surface area contributed by atoms with Gasteiger partial charge in [-0.25, -0.2) is 4.79 Å². The number of carboxylic acid groups (broad SMARTS) is 1. The molecule has 3 N–H and O–H groups in total. The molecule has 1 saturated carbocycles. The Labute approximate surface area is 139 Å². The van der Waals surface area contributed by atoms with Crippen molar-refractivity contribution < 1.29 is 14.6 Å². The Bertz CT molecular complexity index is 791. The molecule has 0 atom stereocenters. The van der Waals surface area contributed by atoms with E-state index in [1.54, 1.807) is 0 Å². The van der Waals surface area contributed by atoms with Gasteiger partial charge < -0.3 is 20.1 Å². The summed E-state index contributed by atoms with van der Waals surface area (Å²) < 4.78 is 5.96. The van der Waals surface area contributed by atoms with E-state index in [-0.39, 0.29) is 17.6 Å². The number of hydrogen-bond acceptors (Lipinski definition) is 3. The van der Waals surface area contributed by atoms with Crippen LogP contribution < -0.4 is 10.7 Å². The number of rotatable bonds is 4. The molecule has 1 aromatic carbocycles. The summed E-state index contributed by atoms with van der Waals surface area (Å²) in [6.45, 7) is 2.19. The highest BCUT2D eigenvalue weighted by atomic mass is 16.5. The lowest BCUT2D eigenvalue weighted by Gasteiger charge is -2.28. The third kappa shape index (κ3) is 3.59. The molecule has 0 saturated heterocycles. The summed E-state index contributed by atoms with van der Waals surface area (Å²) in [5.41, 5.74) is 2.36. The second kappa shape index (κ2) is 7.05. The fraction of sp³-hybridized carbons (Fsp3) is 0.444. The van der Waals surface area contributed by atoms with Gasteiger partial charge in [0.15, 0.2) is 5.43 Å². The van der Waals surface area contributed by atoms with Crippen molar-refractivity contribution in [3.05, 3.63) is 45.7 Å². The predicted octanol–water partition coefficient (Wildman–Crippen LogP) is 2.93. The standard InChI is InChI=1S/C18H22N2O4/c1-11-16(20-15-5-3-2-4-14(15)17(11)21)10-24-13-8-6-12(7-9-13)19-18(22)23/h2-5,12-13,19H,6-10H2,1H3,(H,20,21)(H,22,23). The number of aromatic amines is 1. The van der Waals surface area contributed by atoms with E-state index in [1.165, 1.54) is 0 Å². The highest BCUT2D eigenvalue weighted by molar-refractivity contribution is 5.79. The Morgan fingerprint density at radius 3 is 2.71 bits per heavy atom. The largest absolute Gasteiger partial charge is 0.465 e. The van der Waals surface area contributed by atoms with Gasteiger partial charge in [0, 0.05) is 28.2 Å². The number of benzene rings is 1. The number of para-hydroxylation sites is 1. The van der Waals surface area contributed by atoms with Crippen molar-refractivity contribution in [1.29, 1.82) is 0 Å². The predicted molar refractivity (Wildman–Crippen MR) is 91.3 cm³/mol. The van der Waals surface area contributed by atoms with Gasteiger partial charge in [0.25, 0.3) is 0 Å². The maximum atomic E-state index is 12.4. The SMILES string of the molecule is Cc1c(COC2CCC(NC(=O)O)CC2)[nH]c2ccccc2c1=O. The molecule has 1 heterocycles. The van der Waals surface area contributed by atoms with Crippen LogP contribution in [0.15, 0.2) is 29.1 Å². The van der Waals surface area contributed by atoms with Crippen LogP contribution in [0.3, 0.4) is 0 Å². The summed E-state index contributed by atoms with van der Waals surface area (Å²) in [6.07, 6.45) is 2.34. The normalized spacial score (nSPS) is 20.9. The lowest BCUT2D eigenvalue weighted by molar-refractivity contribution is 0.00986. The van der Waals surface area contributed by atoms with Gasteiger partial charge in [-0.2, -0.15) is 0 Å². The smallest absolute Gasteiger partial charge is 0.404 e. The van der Waals surface area contributed by atoms with Crippen molar-refractivity contribution in [3.8, 4) is 0 Å². The van der Waals surface area contributed by atoms with Gasteiger partial charge in [-0.05, 0) is 44.7 Å². The molecule has 1 aromatic heterocycles. The van der Waals surface area contributed by atoms with Gasteiger partial charge in [-0.3, -0.25) is 4.79 Å². The Hall–Kier alpha value is -2.34. The molecular formula is C18H22N2O4. The number of aromatic nitrogens is 1. The topological polar surface area (TPSA) is 91.4 Å². The minimum Gasteiger partial charge on any atom is -0.465 e. The van der Waals surface area contributed by atoms with E-state index in [2.05, 4.69) is 10.3 Å². The van der Waals surface area contributed by atoms with E-state index in [0.717, 1.165) is 36.9 Å². The van der Waals surface area contributed by atoms with Crippen molar-refractivity contribution in [2.75, 3.05) is 0 Å². The van der Waals surface area contributed by atoms with Crippen LogP contribution in [0, 0.1) is 6.92 Å². The number of ether oxygens (including phenoxy) is 1. The first kappa shape index (κ1) is 16.5. The molecule has 0 unspecified atom stereocenters. The molecule has 1 aliphatic carbocycles. The molecule has 0 bridgehead atoms. The Balaban J connectivity index is 1.63. The van der Waals surface area contributed by atoms with Crippen LogP contribution in [-0.4, -0.2) is 28.3 Å². The zero-order valence-electron chi connectivity index (χ0n) is 13.7. The summed E-state index contributed by atoms with van der Waals surface area (Å²) in [6, 6.07) is 7.49. The van der Waals surface area contributed by atoms with E-state index in [1.807, 2.05) is 31.2 Å². The molecule has 2 aromatic rings. The third-order valence-corrected chi connectivity index (χ3v) is 4.72. The molecule has 1 fully saturated rings. The number of fused-ring (bicyclic) bond motifs is 1. The molecule has 1 aliphatic rings. The van der Waals surface area contributed by atoms with Gasteiger partial charge >= 0.3 is 6.09 Å². The minimum absolute atomic E-state index is 0.0181. The van der Waals surface area contributed by atoms with E-state index in [9.17, 15) is 9.59 Å². The third-order valence-electron chi connectivity index (χ3n) is 4.72. The Kier molecular flexibility index (Phi) is 4.85. The van der Waals surface area contributed by atoms with Gasteiger partial charge in [0.05, 0.1) is 12.7 Å². The number of H-pyrrole nitrogens is 1. The van der Waals surface area contributed by atoms with Crippen molar-refractivity contribution in [2.24, 2.45) is 0 Å². The average Bonchev–Trinajstić information content (AvgIpc) is 2.58. The molecule has 24 heavy (non-hydrogen) atoms. The quantitative estimate of drug-likeness (QED) is 0.804. The fourth-order valence-corrected chi connectivity index (χ4v) is 3.28. The zero-order chi connectivity index (χ0) is 17.1. The van der Waals surface area contributed by atoms with Crippen molar-refractivity contribution in [1.82, 2.24) is 10.3 Å². The summed E-state index contributed by atoms with van der Waals surface area (Å²) in [5, 5.41) is 12.0. The van der Waals surface area contributed by atoms with Crippen LogP contribution in [0.4, 0.5) is 4.79 Å². The maximum Gasteiger partial charge on any atom is 0.404 e. The molecule has 6 heteroatoms. The van der Waals surface area contributed by atoms with Crippen LogP contribution in [-0.2, 0) is 11.3 Å². The number of nitrogens with one attached hydrogen (secondary N) is 2. The lowest BCUT2D eigenvalue weighted by Crippen LogP contribution is -2.38. The van der Waals surface area contributed by atoms with E-state index in [4.69, 9.17) is 9.84 Å². The lowest BCUT2D eigenvalue weighted by atomic mass is 9.93. The molecule has 3 rings (SSSR count). The van der Waals surface area contributed by atoms with E-state index < -0.39 is 6.09 Å². The first-order valence-corrected chi connectivity index (χ1v) is 8.26. The first-order chi connectivity index (χ1) is 11.5. The number of carbonyl (C=O) groups is 1. The zero-order valence-corrected chi connectivity index (χ0v) is 13.7. The van der Waals surface area contributed by atoms with E-state index >= 15 is 0 Å². The van der Waals surface area contributed by atoms with Crippen LogP contribution in [0.1, 0.15) is 36.9 Å². The van der Waals surface area contributed by atoms with Crippen molar-refractivity contribution in [3.63, 3.8) is 0 Å². The summed E-state index contributed by atoms with van der Waals surface area (Å²) in [5.74, 6) is 0. The maximum absolute atomic E-state index is 12.4. The molecule has 128 valence electrons. The molecule has 6 nitrogen and oxygen atoms in total. The summed E-state index contributed by atoms with van der Waals surface area (Å²) in [4.78, 5) is 26.4. The average molecular weight is 330 g/mol. The number of pyridine rings is 1. The molecular weight excluding hydrogens is 308 g/mol. The van der Waals surface area contributed by atoms with Crippen LogP contribution in [0.5, 0.6) is 0 Å². The minimum atomic E-state index is -0.969. The van der Waals surface area contributed by atoms with Crippen LogP contribution in [0.25, 0.3) is 10.9 Å². The second-order valence-corrected chi connectivity index (χ2v) is 6.34. The number of amides is 1. The van der Waals surface area contributed by atoms with E-state index in [0.29, 0.717) is 17.6 Å². The highest BCUT2D eigenvalue weighted by Gasteiger charge is 2.23. The molecule has 0 spiro atoms. The summed E-state index contributed by atoms with van der Waals surface area (Å²) in [7, 11) is 0. The molecule has 0 radical (unpaired) electrons. The van der Waals surface area contributed by atoms with Gasteiger partial charge in [-0.1, -0.05) is 12.1 Å². The van der Waals surface area contributed by atoms with Crippen molar-refractivity contribution >= 4 is 17.0 Å². The monoisotopic (exact) mass is 330 g/mol. The van der Waals surface area contributed by atoms with Crippen molar-refractivity contribution in [2.45, 2.75) is 51.4 Å².